The van der Waals surface area contributed by atoms with E-state index >= 15 is 0 Å². The average Bonchev–Trinajstić information content (AvgIpc) is 2.79. The first-order valence-electron chi connectivity index (χ1n) is 5.62. The van der Waals surface area contributed by atoms with E-state index in [1.54, 1.807) is 0 Å². The van der Waals surface area contributed by atoms with Crippen molar-refractivity contribution >= 4 is 11.4 Å². The summed E-state index contributed by atoms with van der Waals surface area (Å²) in [5.41, 5.74) is 7.39. The van der Waals surface area contributed by atoms with Crippen LogP contribution in [0.25, 0.3) is 0 Å². The molecule has 4 nitrogen and oxygen atoms in total. The maximum atomic E-state index is 5.84. The van der Waals surface area contributed by atoms with E-state index in [2.05, 4.69) is 5.32 Å². The second kappa shape index (κ2) is 5.07. The van der Waals surface area contributed by atoms with Crippen LogP contribution >= 0.6 is 0 Å². The molecular weight excluding hydrogens is 204 g/mol. The third-order valence-corrected chi connectivity index (χ3v) is 2.76. The molecule has 0 amide bonds. The van der Waals surface area contributed by atoms with E-state index in [0.29, 0.717) is 12.3 Å². The van der Waals surface area contributed by atoms with Gasteiger partial charge in [0.05, 0.1) is 17.5 Å². The van der Waals surface area contributed by atoms with Gasteiger partial charge in [-0.15, -0.1) is 0 Å². The van der Waals surface area contributed by atoms with Crippen LogP contribution in [0, 0.1) is 0 Å². The largest absolute Gasteiger partial charge is 0.489 e. The molecule has 1 fully saturated rings. The number of rotatable bonds is 4. The van der Waals surface area contributed by atoms with Crippen LogP contribution in [-0.2, 0) is 4.74 Å². The first-order valence-corrected chi connectivity index (χ1v) is 5.62. The molecule has 0 unspecified atom stereocenters. The van der Waals surface area contributed by atoms with Crippen LogP contribution < -0.4 is 15.8 Å². The summed E-state index contributed by atoms with van der Waals surface area (Å²) in [6, 6.07) is 5.66. The summed E-state index contributed by atoms with van der Waals surface area (Å²) < 4.78 is 11.2. The van der Waals surface area contributed by atoms with Gasteiger partial charge in [0.2, 0.25) is 0 Å². The molecule has 1 aromatic carbocycles. The number of nitrogens with one attached hydrogen (secondary N) is 1. The van der Waals surface area contributed by atoms with Crippen LogP contribution in [0.15, 0.2) is 18.2 Å². The van der Waals surface area contributed by atoms with Crippen LogP contribution in [0.3, 0.4) is 0 Å². The molecule has 4 heteroatoms. The van der Waals surface area contributed by atoms with E-state index in [-0.39, 0.29) is 6.10 Å². The van der Waals surface area contributed by atoms with Gasteiger partial charge in [-0.05, 0) is 25.0 Å². The molecule has 0 bridgehead atoms. The molecule has 0 radical (unpaired) electrons. The van der Waals surface area contributed by atoms with Gasteiger partial charge in [-0.1, -0.05) is 6.07 Å². The minimum Gasteiger partial charge on any atom is -0.489 e. The molecule has 0 aliphatic carbocycles. The van der Waals surface area contributed by atoms with Gasteiger partial charge in [-0.2, -0.15) is 0 Å². The highest BCUT2D eigenvalue weighted by Crippen LogP contribution is 2.30. The molecule has 1 aliphatic heterocycles. The van der Waals surface area contributed by atoms with Crippen molar-refractivity contribution in [2.75, 3.05) is 31.3 Å². The Morgan fingerprint density at radius 2 is 2.44 bits per heavy atom. The standard InChI is InChI=1S/C12H18N2O2/c1-14-12-10(13)5-2-6-11(12)16-8-9-4-3-7-15-9/h2,5-6,9,14H,3-4,7-8,13H2,1H3/t9-/m0/s1. The maximum absolute atomic E-state index is 5.84. The van der Waals surface area contributed by atoms with E-state index in [1.807, 2.05) is 25.2 Å². The summed E-state index contributed by atoms with van der Waals surface area (Å²) in [4.78, 5) is 0. The van der Waals surface area contributed by atoms with Crippen molar-refractivity contribution in [2.45, 2.75) is 18.9 Å². The van der Waals surface area contributed by atoms with Gasteiger partial charge < -0.3 is 20.5 Å². The third-order valence-electron chi connectivity index (χ3n) is 2.76. The zero-order chi connectivity index (χ0) is 11.4. The Morgan fingerprint density at radius 1 is 1.56 bits per heavy atom. The second-order valence-electron chi connectivity index (χ2n) is 3.92. The molecule has 1 aliphatic rings. The highest BCUT2D eigenvalue weighted by Gasteiger charge is 2.16. The number of hydrogen-bond donors (Lipinski definition) is 2. The molecule has 0 aromatic heterocycles. The van der Waals surface area contributed by atoms with Crippen molar-refractivity contribution in [1.29, 1.82) is 0 Å². The van der Waals surface area contributed by atoms with Crippen molar-refractivity contribution in [3.63, 3.8) is 0 Å². The molecule has 16 heavy (non-hydrogen) atoms. The molecule has 1 heterocycles. The van der Waals surface area contributed by atoms with Crippen LogP contribution in [0.4, 0.5) is 11.4 Å². The SMILES string of the molecule is CNc1c(N)cccc1OC[C@@H]1CCCO1. The summed E-state index contributed by atoms with van der Waals surface area (Å²) in [5, 5.41) is 3.05. The van der Waals surface area contributed by atoms with Crippen molar-refractivity contribution < 1.29 is 9.47 Å². The summed E-state index contributed by atoms with van der Waals surface area (Å²) in [6.07, 6.45) is 2.44. The van der Waals surface area contributed by atoms with E-state index in [0.717, 1.165) is 30.9 Å². The molecule has 1 aromatic rings. The van der Waals surface area contributed by atoms with E-state index < -0.39 is 0 Å². The average molecular weight is 222 g/mol. The highest BCUT2D eigenvalue weighted by atomic mass is 16.5. The molecule has 0 spiro atoms. The van der Waals surface area contributed by atoms with Gasteiger partial charge in [0.25, 0.3) is 0 Å². The first kappa shape index (κ1) is 11.1. The van der Waals surface area contributed by atoms with Crippen LogP contribution in [-0.4, -0.2) is 26.4 Å². The molecule has 1 saturated heterocycles. The van der Waals surface area contributed by atoms with Crippen LogP contribution in [0.2, 0.25) is 0 Å². The Labute approximate surface area is 95.7 Å². The highest BCUT2D eigenvalue weighted by molar-refractivity contribution is 5.73. The lowest BCUT2D eigenvalue weighted by molar-refractivity contribution is 0.0682. The lowest BCUT2D eigenvalue weighted by atomic mass is 10.2. The van der Waals surface area contributed by atoms with Gasteiger partial charge in [0, 0.05) is 13.7 Å². The summed E-state index contributed by atoms with van der Waals surface area (Å²) >= 11 is 0. The minimum atomic E-state index is 0.228. The van der Waals surface area contributed by atoms with E-state index in [9.17, 15) is 0 Å². The Balaban J connectivity index is 2.00. The lowest BCUT2D eigenvalue weighted by Gasteiger charge is -2.15. The quantitative estimate of drug-likeness (QED) is 0.764. The summed E-state index contributed by atoms with van der Waals surface area (Å²) in [7, 11) is 1.84. The Kier molecular flexibility index (Phi) is 3.51. The Morgan fingerprint density at radius 3 is 3.12 bits per heavy atom. The fraction of sp³-hybridized carbons (Fsp3) is 0.500. The van der Waals surface area contributed by atoms with E-state index in [1.165, 1.54) is 0 Å². The monoisotopic (exact) mass is 222 g/mol. The topological polar surface area (TPSA) is 56.5 Å². The van der Waals surface area contributed by atoms with Crippen molar-refractivity contribution in [3.05, 3.63) is 18.2 Å². The Hall–Kier alpha value is -1.42. The molecule has 0 saturated carbocycles. The van der Waals surface area contributed by atoms with Crippen LogP contribution in [0.5, 0.6) is 5.75 Å². The molecule has 1 atom stereocenters. The zero-order valence-corrected chi connectivity index (χ0v) is 9.53. The third kappa shape index (κ3) is 2.39. The van der Waals surface area contributed by atoms with E-state index in [4.69, 9.17) is 15.2 Å². The molecule has 3 N–H and O–H groups in total. The smallest absolute Gasteiger partial charge is 0.144 e. The maximum Gasteiger partial charge on any atom is 0.144 e. The molecule has 2 rings (SSSR count). The lowest BCUT2D eigenvalue weighted by Crippen LogP contribution is -2.16. The number of para-hydroxylation sites is 1. The minimum absolute atomic E-state index is 0.228. The number of benzene rings is 1. The number of nitrogen functional groups attached to an aromatic ring is 1. The van der Waals surface area contributed by atoms with Gasteiger partial charge in [-0.25, -0.2) is 0 Å². The predicted octanol–water partition coefficient (Wildman–Crippen LogP) is 1.87. The predicted molar refractivity (Wildman–Crippen MR) is 64.9 cm³/mol. The van der Waals surface area contributed by atoms with Gasteiger partial charge in [-0.3, -0.25) is 0 Å². The second-order valence-corrected chi connectivity index (χ2v) is 3.92. The number of hydrogen-bond acceptors (Lipinski definition) is 4. The van der Waals surface area contributed by atoms with Gasteiger partial charge in [0.1, 0.15) is 12.4 Å². The van der Waals surface area contributed by atoms with Crippen LogP contribution in [0.1, 0.15) is 12.8 Å². The van der Waals surface area contributed by atoms with Crippen molar-refractivity contribution in [1.82, 2.24) is 0 Å². The zero-order valence-electron chi connectivity index (χ0n) is 9.53. The first-order chi connectivity index (χ1) is 7.81. The van der Waals surface area contributed by atoms with Crippen molar-refractivity contribution in [3.8, 4) is 5.75 Å². The number of anilines is 2. The molecule has 88 valence electrons. The number of nitrogens with two attached hydrogens (primary N) is 1. The van der Waals surface area contributed by atoms with Crippen molar-refractivity contribution in [2.24, 2.45) is 0 Å². The van der Waals surface area contributed by atoms with Gasteiger partial charge >= 0.3 is 0 Å². The fourth-order valence-electron chi connectivity index (χ4n) is 1.89. The van der Waals surface area contributed by atoms with Gasteiger partial charge in [0.15, 0.2) is 0 Å². The molecular formula is C12H18N2O2. The number of ether oxygens (including phenoxy) is 2. The summed E-state index contributed by atoms with van der Waals surface area (Å²) in [6.45, 7) is 1.45. The fourth-order valence-corrected chi connectivity index (χ4v) is 1.89. The normalized spacial score (nSPS) is 19.7. The summed E-state index contributed by atoms with van der Waals surface area (Å²) in [5.74, 6) is 0.790. The Bertz CT molecular complexity index is 349.